The van der Waals surface area contributed by atoms with Crippen molar-refractivity contribution >= 4 is 27.3 Å². The van der Waals surface area contributed by atoms with Crippen LogP contribution in [0.4, 0.5) is 0 Å². The van der Waals surface area contributed by atoms with Crippen molar-refractivity contribution < 1.29 is 0 Å². The lowest BCUT2D eigenvalue weighted by Crippen LogP contribution is -2.18. The Balaban J connectivity index is 2.07. The summed E-state index contributed by atoms with van der Waals surface area (Å²) in [4.78, 5) is 2.40. The molecule has 1 rings (SSSR count). The van der Waals surface area contributed by atoms with E-state index in [-0.39, 0.29) is 0 Å². The van der Waals surface area contributed by atoms with E-state index in [1.54, 1.807) is 11.3 Å². The Morgan fingerprint density at radius 2 is 2.21 bits per heavy atom. The van der Waals surface area contributed by atoms with Gasteiger partial charge in [-0.1, -0.05) is 22.4 Å². The number of rotatable bonds is 7. The van der Waals surface area contributed by atoms with Gasteiger partial charge in [-0.15, -0.1) is 0 Å². The molecule has 0 amide bonds. The maximum Gasteiger partial charge on any atom is 0.0238 e. The second-order valence-electron chi connectivity index (χ2n) is 3.62. The molecule has 1 aromatic rings. The molecule has 0 fully saturated rings. The Kier molecular flexibility index (Phi) is 6.48. The van der Waals surface area contributed by atoms with Crippen molar-refractivity contribution in [2.75, 3.05) is 18.9 Å². The summed E-state index contributed by atoms with van der Waals surface area (Å²) < 4.78 is 0. The lowest BCUT2D eigenvalue weighted by atomic mass is 10.2. The minimum Gasteiger partial charge on any atom is -0.302 e. The molecular formula is C11H18BrNS. The van der Waals surface area contributed by atoms with E-state index in [2.05, 4.69) is 44.7 Å². The zero-order valence-corrected chi connectivity index (χ0v) is 11.1. The zero-order valence-electron chi connectivity index (χ0n) is 8.71. The first-order valence-electron chi connectivity index (χ1n) is 5.08. The van der Waals surface area contributed by atoms with Gasteiger partial charge >= 0.3 is 0 Å². The minimum atomic E-state index is 1.10. The molecule has 1 heterocycles. The van der Waals surface area contributed by atoms with Crippen LogP contribution >= 0.6 is 27.3 Å². The first-order chi connectivity index (χ1) is 6.83. The summed E-state index contributed by atoms with van der Waals surface area (Å²) in [6.07, 6.45) is 3.94. The molecule has 3 heteroatoms. The highest BCUT2D eigenvalue weighted by Gasteiger charge is 1.99. The van der Waals surface area contributed by atoms with Crippen molar-refractivity contribution in [3.8, 4) is 0 Å². The van der Waals surface area contributed by atoms with Crippen LogP contribution in [0.15, 0.2) is 16.8 Å². The van der Waals surface area contributed by atoms with Crippen LogP contribution < -0.4 is 0 Å². The van der Waals surface area contributed by atoms with Gasteiger partial charge in [-0.05, 0) is 48.8 Å². The SMILES string of the molecule is CN(CCCCCBr)Cc1ccsc1. The maximum atomic E-state index is 3.45. The molecule has 0 saturated carbocycles. The normalized spacial score (nSPS) is 11.1. The number of alkyl halides is 1. The number of thiophene rings is 1. The lowest BCUT2D eigenvalue weighted by molar-refractivity contribution is 0.319. The molecule has 1 aromatic heterocycles. The van der Waals surface area contributed by atoms with Crippen LogP contribution in [0.25, 0.3) is 0 Å². The fraction of sp³-hybridized carbons (Fsp3) is 0.636. The largest absolute Gasteiger partial charge is 0.302 e. The van der Waals surface area contributed by atoms with E-state index in [1.807, 2.05) is 0 Å². The van der Waals surface area contributed by atoms with Crippen molar-refractivity contribution in [2.24, 2.45) is 0 Å². The molecule has 0 atom stereocenters. The third-order valence-electron chi connectivity index (χ3n) is 2.21. The number of hydrogen-bond acceptors (Lipinski definition) is 2. The van der Waals surface area contributed by atoms with Crippen molar-refractivity contribution in [2.45, 2.75) is 25.8 Å². The Labute approximate surface area is 99.3 Å². The van der Waals surface area contributed by atoms with E-state index in [4.69, 9.17) is 0 Å². The average molecular weight is 276 g/mol. The minimum absolute atomic E-state index is 1.10. The van der Waals surface area contributed by atoms with Gasteiger partial charge in [0.25, 0.3) is 0 Å². The number of nitrogens with zero attached hydrogens (tertiary/aromatic N) is 1. The van der Waals surface area contributed by atoms with Crippen LogP contribution in [0.3, 0.4) is 0 Å². The first-order valence-corrected chi connectivity index (χ1v) is 7.15. The molecule has 0 aliphatic carbocycles. The Morgan fingerprint density at radius 3 is 2.86 bits per heavy atom. The average Bonchev–Trinajstić information content (AvgIpc) is 2.65. The molecule has 80 valence electrons. The number of unbranched alkanes of at least 4 members (excludes halogenated alkanes) is 2. The van der Waals surface area contributed by atoms with Gasteiger partial charge < -0.3 is 4.90 Å². The molecule has 0 bridgehead atoms. The molecule has 0 saturated heterocycles. The van der Waals surface area contributed by atoms with E-state index in [0.29, 0.717) is 0 Å². The van der Waals surface area contributed by atoms with E-state index in [0.717, 1.165) is 11.9 Å². The van der Waals surface area contributed by atoms with Crippen LogP contribution in [-0.4, -0.2) is 23.8 Å². The fourth-order valence-corrected chi connectivity index (χ4v) is 2.48. The molecule has 0 aromatic carbocycles. The topological polar surface area (TPSA) is 3.24 Å². The molecule has 14 heavy (non-hydrogen) atoms. The first kappa shape index (κ1) is 12.2. The van der Waals surface area contributed by atoms with Crippen LogP contribution in [0.5, 0.6) is 0 Å². The summed E-state index contributed by atoms with van der Waals surface area (Å²) in [5.74, 6) is 0. The van der Waals surface area contributed by atoms with Gasteiger partial charge in [-0.2, -0.15) is 11.3 Å². The summed E-state index contributed by atoms with van der Waals surface area (Å²) in [6.45, 7) is 2.31. The molecule has 0 unspecified atom stereocenters. The second-order valence-corrected chi connectivity index (χ2v) is 5.19. The van der Waals surface area contributed by atoms with Gasteiger partial charge in [0, 0.05) is 11.9 Å². The van der Waals surface area contributed by atoms with E-state index in [1.165, 1.54) is 31.4 Å². The molecule has 0 aliphatic heterocycles. The molecule has 0 aliphatic rings. The summed E-state index contributed by atoms with van der Waals surface area (Å²) in [5, 5.41) is 5.52. The third-order valence-corrected chi connectivity index (χ3v) is 3.50. The maximum absolute atomic E-state index is 3.45. The quantitative estimate of drug-likeness (QED) is 0.541. The summed E-state index contributed by atoms with van der Waals surface area (Å²) in [5.41, 5.74) is 1.44. The van der Waals surface area contributed by atoms with E-state index < -0.39 is 0 Å². The summed E-state index contributed by atoms with van der Waals surface area (Å²) in [7, 11) is 2.20. The Hall–Kier alpha value is 0.140. The fourth-order valence-electron chi connectivity index (χ4n) is 1.43. The lowest BCUT2D eigenvalue weighted by Gasteiger charge is -2.15. The second kappa shape index (κ2) is 7.43. The van der Waals surface area contributed by atoms with Gasteiger partial charge in [0.1, 0.15) is 0 Å². The van der Waals surface area contributed by atoms with Crippen LogP contribution in [0.2, 0.25) is 0 Å². The van der Waals surface area contributed by atoms with Crippen LogP contribution in [0.1, 0.15) is 24.8 Å². The van der Waals surface area contributed by atoms with Crippen molar-refractivity contribution in [1.82, 2.24) is 4.90 Å². The Bertz CT molecular complexity index is 223. The van der Waals surface area contributed by atoms with E-state index in [9.17, 15) is 0 Å². The van der Waals surface area contributed by atoms with Crippen molar-refractivity contribution in [3.05, 3.63) is 22.4 Å². The standard InChI is InChI=1S/C11H18BrNS/c1-13(7-4-2-3-6-12)9-11-5-8-14-10-11/h5,8,10H,2-4,6-7,9H2,1H3. The van der Waals surface area contributed by atoms with Gasteiger partial charge in [0.2, 0.25) is 0 Å². The van der Waals surface area contributed by atoms with Gasteiger partial charge in [-0.3, -0.25) is 0 Å². The molecule has 0 N–H and O–H groups in total. The van der Waals surface area contributed by atoms with Crippen LogP contribution in [0, 0.1) is 0 Å². The molecule has 0 radical (unpaired) electrons. The van der Waals surface area contributed by atoms with Gasteiger partial charge in [0.05, 0.1) is 0 Å². The highest BCUT2D eigenvalue weighted by molar-refractivity contribution is 9.09. The van der Waals surface area contributed by atoms with Gasteiger partial charge in [-0.25, -0.2) is 0 Å². The van der Waals surface area contributed by atoms with Crippen molar-refractivity contribution in [3.63, 3.8) is 0 Å². The monoisotopic (exact) mass is 275 g/mol. The number of hydrogen-bond donors (Lipinski definition) is 0. The van der Waals surface area contributed by atoms with E-state index >= 15 is 0 Å². The molecular weight excluding hydrogens is 258 g/mol. The highest BCUT2D eigenvalue weighted by Crippen LogP contribution is 2.09. The van der Waals surface area contributed by atoms with Gasteiger partial charge in [0.15, 0.2) is 0 Å². The van der Waals surface area contributed by atoms with Crippen molar-refractivity contribution in [1.29, 1.82) is 0 Å². The Morgan fingerprint density at radius 1 is 1.36 bits per heavy atom. The summed E-state index contributed by atoms with van der Waals surface area (Å²) in [6, 6.07) is 2.21. The molecule has 1 nitrogen and oxygen atoms in total. The smallest absolute Gasteiger partial charge is 0.0238 e. The third kappa shape index (κ3) is 5.13. The highest BCUT2D eigenvalue weighted by atomic mass is 79.9. The molecule has 0 spiro atoms. The number of halogens is 1. The summed E-state index contributed by atoms with van der Waals surface area (Å²) >= 11 is 5.23. The zero-order chi connectivity index (χ0) is 10.2. The predicted molar refractivity (Wildman–Crippen MR) is 68.3 cm³/mol. The van der Waals surface area contributed by atoms with Crippen LogP contribution in [-0.2, 0) is 6.54 Å². The predicted octanol–water partition coefficient (Wildman–Crippen LogP) is 3.75.